The zero-order chi connectivity index (χ0) is 19.5. The zero-order valence-corrected chi connectivity index (χ0v) is 15.6. The van der Waals surface area contributed by atoms with Gasteiger partial charge in [-0.25, -0.2) is 0 Å². The maximum atomic E-state index is 10.4. The van der Waals surface area contributed by atoms with Crippen LogP contribution in [0.25, 0.3) is 0 Å². The molecule has 144 valence electrons. The van der Waals surface area contributed by atoms with E-state index in [9.17, 15) is 15.0 Å². The number of rotatable bonds is 14. The molecule has 0 aromatic rings. The van der Waals surface area contributed by atoms with E-state index in [1.807, 2.05) is 48.6 Å². The minimum atomic E-state index is -0.900. The quantitative estimate of drug-likeness (QED) is 0.315. The first-order valence-electron chi connectivity index (χ1n) is 9.10. The van der Waals surface area contributed by atoms with Crippen molar-refractivity contribution >= 4 is 5.97 Å². The minimum absolute atomic E-state index is 0.0322. The van der Waals surface area contributed by atoms with E-state index in [-0.39, 0.29) is 12.8 Å². The van der Waals surface area contributed by atoms with E-state index >= 15 is 0 Å². The molecule has 0 aromatic heterocycles. The fourth-order valence-electron chi connectivity index (χ4n) is 1.90. The SMILES string of the molecule is CC/C=C\C[C@H](O)/C=C/C=C\C/C=C\C/C=C\C=C\C(O)CCC(=O)O. The van der Waals surface area contributed by atoms with Crippen LogP contribution in [0.1, 0.15) is 45.4 Å². The fourth-order valence-corrected chi connectivity index (χ4v) is 1.90. The van der Waals surface area contributed by atoms with Crippen molar-refractivity contribution in [1.82, 2.24) is 0 Å². The number of hydrogen-bond acceptors (Lipinski definition) is 3. The molecule has 3 N–H and O–H groups in total. The van der Waals surface area contributed by atoms with Gasteiger partial charge in [0.15, 0.2) is 0 Å². The first-order chi connectivity index (χ1) is 12.6. The Balaban J connectivity index is 3.80. The molecule has 0 aliphatic carbocycles. The van der Waals surface area contributed by atoms with E-state index in [1.165, 1.54) is 0 Å². The summed E-state index contributed by atoms with van der Waals surface area (Å²) in [5, 5.41) is 27.7. The molecule has 1 unspecified atom stereocenters. The Morgan fingerprint density at radius 2 is 1.38 bits per heavy atom. The van der Waals surface area contributed by atoms with Crippen molar-refractivity contribution < 1.29 is 20.1 Å². The summed E-state index contributed by atoms with van der Waals surface area (Å²) >= 11 is 0. The second kappa shape index (κ2) is 17.6. The monoisotopic (exact) mass is 360 g/mol. The molecule has 4 heteroatoms. The molecule has 0 saturated heterocycles. The predicted octanol–water partition coefficient (Wildman–Crippen LogP) is 4.49. The number of aliphatic hydroxyl groups is 2. The molecule has 0 amide bonds. The molecule has 0 radical (unpaired) electrons. The van der Waals surface area contributed by atoms with Crippen LogP contribution in [0.5, 0.6) is 0 Å². The molecule has 0 fully saturated rings. The smallest absolute Gasteiger partial charge is 0.303 e. The van der Waals surface area contributed by atoms with E-state index < -0.39 is 18.2 Å². The largest absolute Gasteiger partial charge is 0.481 e. The highest BCUT2D eigenvalue weighted by atomic mass is 16.4. The molecular weight excluding hydrogens is 328 g/mol. The minimum Gasteiger partial charge on any atom is -0.481 e. The van der Waals surface area contributed by atoms with Crippen molar-refractivity contribution in [1.29, 1.82) is 0 Å². The molecule has 0 aliphatic rings. The Morgan fingerprint density at radius 1 is 0.808 bits per heavy atom. The Kier molecular flexibility index (Phi) is 16.2. The summed E-state index contributed by atoms with van der Waals surface area (Å²) in [6, 6.07) is 0. The second-order valence-corrected chi connectivity index (χ2v) is 5.75. The maximum absolute atomic E-state index is 10.4. The lowest BCUT2D eigenvalue weighted by Crippen LogP contribution is -2.05. The third-order valence-electron chi connectivity index (χ3n) is 3.31. The van der Waals surface area contributed by atoms with Crippen molar-refractivity contribution in [2.75, 3.05) is 0 Å². The Bertz CT molecular complexity index is 524. The van der Waals surface area contributed by atoms with Crippen LogP contribution in [-0.2, 0) is 4.79 Å². The van der Waals surface area contributed by atoms with Crippen molar-refractivity contribution in [3.8, 4) is 0 Å². The molecule has 0 heterocycles. The van der Waals surface area contributed by atoms with Crippen molar-refractivity contribution in [3.05, 3.63) is 72.9 Å². The standard InChI is InChI=1S/C22H32O4/c1-2-3-12-15-20(23)16-13-10-8-6-4-5-7-9-11-14-17-21(24)18-19-22(25)26/h3-5,8-14,16-17,20-21,23-24H,2,6-7,15,18-19H2,1H3,(H,25,26)/b5-4-,10-8-,11-9-,12-3-,16-13+,17-14+/t20-,21?/m0/s1. The Labute approximate surface area is 157 Å². The van der Waals surface area contributed by atoms with Crippen molar-refractivity contribution in [3.63, 3.8) is 0 Å². The average Bonchev–Trinajstić information content (AvgIpc) is 2.61. The fraction of sp³-hybridized carbons (Fsp3) is 0.409. The zero-order valence-electron chi connectivity index (χ0n) is 15.6. The second-order valence-electron chi connectivity index (χ2n) is 5.75. The van der Waals surface area contributed by atoms with Gasteiger partial charge in [0.2, 0.25) is 0 Å². The molecule has 0 aromatic carbocycles. The number of carboxylic acid groups (broad SMARTS) is 1. The van der Waals surface area contributed by atoms with Crippen molar-refractivity contribution in [2.45, 2.75) is 57.7 Å². The molecule has 2 atom stereocenters. The summed E-state index contributed by atoms with van der Waals surface area (Å²) in [5.74, 6) is -0.900. The van der Waals surface area contributed by atoms with Crippen molar-refractivity contribution in [2.24, 2.45) is 0 Å². The summed E-state index contributed by atoms with van der Waals surface area (Å²) in [6.07, 6.45) is 25.1. The van der Waals surface area contributed by atoms with Gasteiger partial charge in [0.1, 0.15) is 0 Å². The molecule has 0 saturated carbocycles. The van der Waals surface area contributed by atoms with Crippen LogP contribution in [0.2, 0.25) is 0 Å². The molecule has 26 heavy (non-hydrogen) atoms. The first kappa shape index (κ1) is 23.8. The van der Waals surface area contributed by atoms with Gasteiger partial charge in [-0.05, 0) is 32.1 Å². The summed E-state index contributed by atoms with van der Waals surface area (Å²) in [7, 11) is 0. The molecule has 0 aliphatic heterocycles. The Hall–Kier alpha value is -2.17. The van der Waals surface area contributed by atoms with Gasteiger partial charge < -0.3 is 15.3 Å². The van der Waals surface area contributed by atoms with Crippen LogP contribution in [0.4, 0.5) is 0 Å². The highest BCUT2D eigenvalue weighted by Crippen LogP contribution is 2.00. The number of allylic oxidation sites excluding steroid dienone is 9. The third-order valence-corrected chi connectivity index (χ3v) is 3.31. The molecule has 4 nitrogen and oxygen atoms in total. The van der Waals surface area contributed by atoms with Crippen LogP contribution in [0, 0.1) is 0 Å². The van der Waals surface area contributed by atoms with Crippen LogP contribution < -0.4 is 0 Å². The van der Waals surface area contributed by atoms with Gasteiger partial charge >= 0.3 is 5.97 Å². The van der Waals surface area contributed by atoms with Crippen LogP contribution >= 0.6 is 0 Å². The van der Waals surface area contributed by atoms with E-state index in [1.54, 1.807) is 18.2 Å². The van der Waals surface area contributed by atoms with E-state index in [0.717, 1.165) is 19.3 Å². The molecular formula is C22H32O4. The van der Waals surface area contributed by atoms with Gasteiger partial charge in [-0.1, -0.05) is 79.8 Å². The van der Waals surface area contributed by atoms with Gasteiger partial charge in [0, 0.05) is 6.42 Å². The molecule has 0 spiro atoms. The van der Waals surface area contributed by atoms with Gasteiger partial charge in [-0.15, -0.1) is 0 Å². The van der Waals surface area contributed by atoms with Gasteiger partial charge in [-0.2, -0.15) is 0 Å². The number of hydrogen-bond donors (Lipinski definition) is 3. The highest BCUT2D eigenvalue weighted by molar-refractivity contribution is 5.66. The first-order valence-corrected chi connectivity index (χ1v) is 9.10. The van der Waals surface area contributed by atoms with Gasteiger partial charge in [0.25, 0.3) is 0 Å². The van der Waals surface area contributed by atoms with E-state index in [4.69, 9.17) is 5.11 Å². The summed E-state index contributed by atoms with van der Waals surface area (Å²) in [4.78, 5) is 10.4. The number of aliphatic carboxylic acids is 1. The normalized spacial score (nSPS) is 15.5. The summed E-state index contributed by atoms with van der Waals surface area (Å²) < 4.78 is 0. The average molecular weight is 360 g/mol. The van der Waals surface area contributed by atoms with Crippen LogP contribution in [0.15, 0.2) is 72.9 Å². The predicted molar refractivity (Wildman–Crippen MR) is 108 cm³/mol. The third kappa shape index (κ3) is 18.2. The number of carboxylic acids is 1. The van der Waals surface area contributed by atoms with Crippen LogP contribution in [0.3, 0.4) is 0 Å². The van der Waals surface area contributed by atoms with Gasteiger partial charge in [-0.3, -0.25) is 4.79 Å². The van der Waals surface area contributed by atoms with E-state index in [2.05, 4.69) is 13.0 Å². The molecule has 0 rings (SSSR count). The summed E-state index contributed by atoms with van der Waals surface area (Å²) in [5.41, 5.74) is 0. The molecule has 0 bridgehead atoms. The van der Waals surface area contributed by atoms with Gasteiger partial charge in [0.05, 0.1) is 12.2 Å². The summed E-state index contributed by atoms with van der Waals surface area (Å²) in [6.45, 7) is 2.07. The number of aliphatic hydroxyl groups excluding tert-OH is 2. The maximum Gasteiger partial charge on any atom is 0.303 e. The van der Waals surface area contributed by atoms with Crippen LogP contribution in [-0.4, -0.2) is 33.5 Å². The lowest BCUT2D eigenvalue weighted by Gasteiger charge is -2.00. The topological polar surface area (TPSA) is 77.8 Å². The highest BCUT2D eigenvalue weighted by Gasteiger charge is 2.02. The lowest BCUT2D eigenvalue weighted by molar-refractivity contribution is -0.137. The Morgan fingerprint density at radius 3 is 1.92 bits per heavy atom. The lowest BCUT2D eigenvalue weighted by atomic mass is 10.2. The van der Waals surface area contributed by atoms with E-state index in [0.29, 0.717) is 6.42 Å². The number of carbonyl (C=O) groups is 1.